The Bertz CT molecular complexity index is 898. The zero-order valence-corrected chi connectivity index (χ0v) is 17.1. The highest BCUT2D eigenvalue weighted by Crippen LogP contribution is 2.43. The summed E-state index contributed by atoms with van der Waals surface area (Å²) in [5, 5.41) is 0.485. The molecule has 0 aliphatic heterocycles. The van der Waals surface area contributed by atoms with Gasteiger partial charge in [-0.15, -0.1) is 0 Å². The molecule has 1 atom stereocenters. The van der Waals surface area contributed by atoms with Crippen molar-refractivity contribution in [2.24, 2.45) is 0 Å². The Kier molecular flexibility index (Phi) is 5.94. The Hall–Kier alpha value is -2.53. The second kappa shape index (κ2) is 8.23. The van der Waals surface area contributed by atoms with E-state index in [2.05, 4.69) is 0 Å². The van der Waals surface area contributed by atoms with E-state index in [0.717, 1.165) is 12.8 Å². The molecule has 0 N–H and O–H groups in total. The normalized spacial score (nSPS) is 19.2. The van der Waals surface area contributed by atoms with Gasteiger partial charge in [-0.2, -0.15) is 0 Å². The fraction of sp³-hybridized carbons (Fsp3) is 0.364. The van der Waals surface area contributed by atoms with Crippen LogP contribution in [0.25, 0.3) is 0 Å². The second-order valence-electron chi connectivity index (χ2n) is 6.90. The average Bonchev–Trinajstić information content (AvgIpc) is 2.73. The molecule has 0 aromatic heterocycles. The molecule has 6 heteroatoms. The number of hydrogen-bond donors (Lipinski definition) is 0. The summed E-state index contributed by atoms with van der Waals surface area (Å²) in [6.45, 7) is 0. The van der Waals surface area contributed by atoms with Crippen LogP contribution >= 0.6 is 11.6 Å². The fourth-order valence-electron chi connectivity index (χ4n) is 3.96. The molecule has 28 heavy (non-hydrogen) atoms. The maximum Gasteiger partial charge on any atom is 0.258 e. The van der Waals surface area contributed by atoms with Crippen LogP contribution in [0.5, 0.6) is 11.5 Å². The first kappa shape index (κ1) is 20.2. The van der Waals surface area contributed by atoms with Gasteiger partial charge >= 0.3 is 0 Å². The topological polar surface area (TPSA) is 55.8 Å². The number of amides is 1. The van der Waals surface area contributed by atoms with Crippen molar-refractivity contribution in [2.75, 3.05) is 21.3 Å². The first-order valence-corrected chi connectivity index (χ1v) is 9.62. The molecular formula is C22H24ClNO4. The van der Waals surface area contributed by atoms with E-state index in [1.54, 1.807) is 38.4 Å². The fourth-order valence-corrected chi connectivity index (χ4v) is 4.25. The van der Waals surface area contributed by atoms with Crippen molar-refractivity contribution >= 4 is 23.3 Å². The Labute approximate surface area is 170 Å². The molecular weight excluding hydrogens is 378 g/mol. The summed E-state index contributed by atoms with van der Waals surface area (Å²) < 4.78 is 10.6. The summed E-state index contributed by atoms with van der Waals surface area (Å²) in [6.07, 6.45) is 2.62. The van der Waals surface area contributed by atoms with Gasteiger partial charge in [0, 0.05) is 30.1 Å². The molecule has 5 nitrogen and oxygen atoms in total. The van der Waals surface area contributed by atoms with Crippen molar-refractivity contribution in [3.05, 3.63) is 58.6 Å². The quantitative estimate of drug-likeness (QED) is 0.741. The van der Waals surface area contributed by atoms with Crippen LogP contribution in [-0.4, -0.2) is 37.9 Å². The van der Waals surface area contributed by atoms with E-state index in [0.29, 0.717) is 40.5 Å². The van der Waals surface area contributed by atoms with Gasteiger partial charge in [0.15, 0.2) is 5.78 Å². The number of rotatable bonds is 5. The number of hydrogen-bond acceptors (Lipinski definition) is 4. The lowest BCUT2D eigenvalue weighted by Gasteiger charge is -2.44. The molecule has 0 bridgehead atoms. The summed E-state index contributed by atoms with van der Waals surface area (Å²) in [5.41, 5.74) is -0.0428. The van der Waals surface area contributed by atoms with Crippen LogP contribution in [0, 0.1) is 0 Å². The maximum absolute atomic E-state index is 13.5. The number of likely N-dealkylation sites (N-methyl/N-ethyl adjacent to an activating group) is 1. The van der Waals surface area contributed by atoms with Gasteiger partial charge in [-0.3, -0.25) is 9.59 Å². The van der Waals surface area contributed by atoms with E-state index in [1.807, 2.05) is 18.2 Å². The smallest absolute Gasteiger partial charge is 0.258 e. The highest BCUT2D eigenvalue weighted by atomic mass is 35.5. The SMILES string of the molecule is COc1ccc(C(=O)N(C)[C@]2(c3ccccc3Cl)CCCCC2=O)c(OC)c1. The molecule has 1 aliphatic carbocycles. The lowest BCUT2D eigenvalue weighted by molar-refractivity contribution is -0.132. The minimum atomic E-state index is -1.08. The zero-order chi connectivity index (χ0) is 20.3. The number of carbonyl (C=O) groups is 2. The van der Waals surface area contributed by atoms with E-state index in [1.165, 1.54) is 12.0 Å². The summed E-state index contributed by atoms with van der Waals surface area (Å²) in [5.74, 6) is 0.698. The Morgan fingerprint density at radius 1 is 1.11 bits per heavy atom. The van der Waals surface area contributed by atoms with E-state index in [4.69, 9.17) is 21.1 Å². The number of carbonyl (C=O) groups excluding carboxylic acids is 2. The van der Waals surface area contributed by atoms with Crippen LogP contribution in [0.15, 0.2) is 42.5 Å². The molecule has 3 rings (SSSR count). The summed E-state index contributed by atoms with van der Waals surface area (Å²) in [6, 6.07) is 12.3. The zero-order valence-electron chi connectivity index (χ0n) is 16.3. The third-order valence-corrected chi connectivity index (χ3v) is 5.82. The number of ketones is 1. The van der Waals surface area contributed by atoms with Gasteiger partial charge in [0.2, 0.25) is 0 Å². The Morgan fingerprint density at radius 3 is 2.50 bits per heavy atom. The number of nitrogens with zero attached hydrogens (tertiary/aromatic N) is 1. The maximum atomic E-state index is 13.5. The second-order valence-corrected chi connectivity index (χ2v) is 7.31. The third kappa shape index (κ3) is 3.35. The first-order valence-electron chi connectivity index (χ1n) is 9.24. The monoisotopic (exact) mass is 401 g/mol. The molecule has 0 spiro atoms. The van der Waals surface area contributed by atoms with E-state index in [9.17, 15) is 9.59 Å². The lowest BCUT2D eigenvalue weighted by atomic mass is 9.74. The van der Waals surface area contributed by atoms with Gasteiger partial charge in [0.1, 0.15) is 17.0 Å². The molecule has 2 aromatic carbocycles. The average molecular weight is 402 g/mol. The molecule has 148 valence electrons. The Balaban J connectivity index is 2.10. The molecule has 1 fully saturated rings. The van der Waals surface area contributed by atoms with Crippen LogP contribution in [0.3, 0.4) is 0 Å². The van der Waals surface area contributed by atoms with Crippen LogP contribution in [0.4, 0.5) is 0 Å². The van der Waals surface area contributed by atoms with Crippen molar-refractivity contribution in [2.45, 2.75) is 31.2 Å². The molecule has 1 amide bonds. The number of methoxy groups -OCH3 is 2. The van der Waals surface area contributed by atoms with E-state index < -0.39 is 5.54 Å². The van der Waals surface area contributed by atoms with Gasteiger partial charge in [-0.25, -0.2) is 0 Å². The van der Waals surface area contributed by atoms with Gasteiger partial charge in [0.25, 0.3) is 5.91 Å². The minimum Gasteiger partial charge on any atom is -0.497 e. The van der Waals surface area contributed by atoms with Crippen molar-refractivity contribution in [1.29, 1.82) is 0 Å². The largest absolute Gasteiger partial charge is 0.497 e. The van der Waals surface area contributed by atoms with Gasteiger partial charge in [0.05, 0.1) is 19.8 Å². The molecule has 1 saturated carbocycles. The van der Waals surface area contributed by atoms with Crippen LogP contribution in [0.2, 0.25) is 5.02 Å². The standard InChI is InChI=1S/C22H24ClNO4/c1-24(21(26)16-12-11-15(27-2)14-19(16)28-3)22(13-7-6-10-20(22)25)17-8-4-5-9-18(17)23/h4-5,8-9,11-12,14H,6-7,10,13H2,1-3H3/t22-/m0/s1. The van der Waals surface area contributed by atoms with Crippen molar-refractivity contribution < 1.29 is 19.1 Å². The lowest BCUT2D eigenvalue weighted by Crippen LogP contribution is -2.54. The number of Topliss-reactive ketones (excluding diaryl/α,β-unsaturated/α-hetero) is 1. The summed E-state index contributed by atoms with van der Waals surface area (Å²) in [4.78, 5) is 28.2. The van der Waals surface area contributed by atoms with Crippen LogP contribution in [0.1, 0.15) is 41.6 Å². The van der Waals surface area contributed by atoms with Gasteiger partial charge < -0.3 is 14.4 Å². The van der Waals surface area contributed by atoms with Gasteiger partial charge in [-0.1, -0.05) is 29.8 Å². The predicted octanol–water partition coefficient (Wildman–Crippen LogP) is 4.47. The van der Waals surface area contributed by atoms with Crippen molar-refractivity contribution in [3.8, 4) is 11.5 Å². The molecule has 0 unspecified atom stereocenters. The summed E-state index contributed by atoms with van der Waals surface area (Å²) in [7, 11) is 4.72. The third-order valence-electron chi connectivity index (χ3n) is 5.49. The number of ether oxygens (including phenoxy) is 2. The first-order chi connectivity index (χ1) is 13.5. The Morgan fingerprint density at radius 2 is 1.86 bits per heavy atom. The van der Waals surface area contributed by atoms with Crippen LogP contribution < -0.4 is 9.47 Å². The molecule has 0 heterocycles. The van der Waals surface area contributed by atoms with Gasteiger partial charge in [-0.05, 0) is 37.5 Å². The minimum absolute atomic E-state index is 0.00942. The van der Waals surface area contributed by atoms with E-state index in [-0.39, 0.29) is 11.7 Å². The van der Waals surface area contributed by atoms with E-state index >= 15 is 0 Å². The highest BCUT2D eigenvalue weighted by molar-refractivity contribution is 6.31. The predicted molar refractivity (Wildman–Crippen MR) is 108 cm³/mol. The molecule has 0 radical (unpaired) electrons. The number of halogens is 1. The van der Waals surface area contributed by atoms with Crippen molar-refractivity contribution in [1.82, 2.24) is 4.90 Å². The van der Waals surface area contributed by atoms with Crippen LogP contribution in [-0.2, 0) is 10.3 Å². The molecule has 1 aliphatic rings. The summed E-state index contributed by atoms with van der Waals surface area (Å²) >= 11 is 6.47. The van der Waals surface area contributed by atoms with Crippen molar-refractivity contribution in [3.63, 3.8) is 0 Å². The molecule has 2 aromatic rings. The highest BCUT2D eigenvalue weighted by Gasteiger charge is 2.48. The molecule has 0 saturated heterocycles. The number of benzene rings is 2.